The topological polar surface area (TPSA) is 57.3 Å². The summed E-state index contributed by atoms with van der Waals surface area (Å²) in [5, 5.41) is 5.36. The Kier molecular flexibility index (Phi) is 3.82. The third kappa shape index (κ3) is 2.91. The molecular weight excluding hydrogens is 254 g/mol. The third-order valence-corrected chi connectivity index (χ3v) is 3.04. The summed E-state index contributed by atoms with van der Waals surface area (Å²) in [5.74, 6) is -1.41. The predicted molar refractivity (Wildman–Crippen MR) is 68.1 cm³/mol. The van der Waals surface area contributed by atoms with Crippen molar-refractivity contribution in [3.63, 3.8) is 0 Å². The van der Waals surface area contributed by atoms with Crippen LogP contribution in [-0.4, -0.2) is 37.1 Å². The number of rotatable bonds is 3. The van der Waals surface area contributed by atoms with E-state index in [4.69, 9.17) is 0 Å². The Morgan fingerprint density at radius 2 is 2.21 bits per heavy atom. The molecule has 2 rings (SSSR count). The Bertz CT molecular complexity index is 495. The van der Waals surface area contributed by atoms with Gasteiger partial charge in [0.2, 0.25) is 5.91 Å². The zero-order valence-electron chi connectivity index (χ0n) is 10.8. The first-order chi connectivity index (χ1) is 9.01. The number of amides is 1. The molecule has 0 spiro atoms. The molecule has 2 heterocycles. The van der Waals surface area contributed by atoms with Crippen molar-refractivity contribution in [2.45, 2.75) is 19.4 Å². The van der Waals surface area contributed by atoms with Crippen molar-refractivity contribution in [2.75, 3.05) is 30.4 Å². The number of nitrogens with one attached hydrogen (secondary N) is 2. The van der Waals surface area contributed by atoms with E-state index < -0.39 is 11.6 Å². The summed E-state index contributed by atoms with van der Waals surface area (Å²) in [6.07, 6.45) is 0.715. The summed E-state index contributed by atoms with van der Waals surface area (Å²) in [7, 11) is 1.52. The molecule has 0 aliphatic carbocycles. The minimum Gasteiger partial charge on any atom is -0.371 e. The predicted octanol–water partition coefficient (Wildman–Crippen LogP) is 1.12. The number of halogens is 2. The van der Waals surface area contributed by atoms with Crippen LogP contribution in [0.1, 0.15) is 13.3 Å². The van der Waals surface area contributed by atoms with Crippen molar-refractivity contribution >= 4 is 17.5 Å². The molecule has 1 unspecified atom stereocenters. The maximum atomic E-state index is 13.7. The molecular formula is C12H16F2N4O. The molecule has 2 N–H and O–H groups in total. The van der Waals surface area contributed by atoms with E-state index in [0.717, 1.165) is 6.07 Å². The van der Waals surface area contributed by atoms with Gasteiger partial charge in [-0.25, -0.2) is 13.8 Å². The lowest BCUT2D eigenvalue weighted by molar-refractivity contribution is -0.119. The average molecular weight is 270 g/mol. The quantitative estimate of drug-likeness (QED) is 0.864. The van der Waals surface area contributed by atoms with E-state index in [2.05, 4.69) is 15.6 Å². The molecule has 1 aliphatic heterocycles. The van der Waals surface area contributed by atoms with Crippen molar-refractivity contribution in [3.8, 4) is 0 Å². The number of carbonyl (C=O) groups is 1. The van der Waals surface area contributed by atoms with Crippen LogP contribution >= 0.6 is 0 Å². The van der Waals surface area contributed by atoms with Gasteiger partial charge in [0.1, 0.15) is 0 Å². The average Bonchev–Trinajstić information content (AvgIpc) is 2.76. The van der Waals surface area contributed by atoms with Crippen molar-refractivity contribution in [1.82, 2.24) is 10.3 Å². The first-order valence-corrected chi connectivity index (χ1v) is 6.07. The Morgan fingerprint density at radius 3 is 2.84 bits per heavy atom. The molecule has 0 aromatic carbocycles. The highest BCUT2D eigenvalue weighted by Gasteiger charge is 2.26. The fourth-order valence-electron chi connectivity index (χ4n) is 2.21. The maximum absolute atomic E-state index is 13.7. The molecule has 1 saturated heterocycles. The van der Waals surface area contributed by atoms with Gasteiger partial charge in [0.05, 0.1) is 0 Å². The van der Waals surface area contributed by atoms with Crippen LogP contribution in [-0.2, 0) is 4.79 Å². The molecule has 0 radical (unpaired) electrons. The highest BCUT2D eigenvalue weighted by molar-refractivity contribution is 5.73. The maximum Gasteiger partial charge on any atom is 0.217 e. The molecule has 1 fully saturated rings. The molecule has 7 heteroatoms. The van der Waals surface area contributed by atoms with Crippen LogP contribution in [0.4, 0.5) is 20.4 Å². The van der Waals surface area contributed by atoms with E-state index >= 15 is 0 Å². The first-order valence-electron chi connectivity index (χ1n) is 6.07. The zero-order valence-corrected chi connectivity index (χ0v) is 10.8. The molecule has 104 valence electrons. The monoisotopic (exact) mass is 270 g/mol. The van der Waals surface area contributed by atoms with E-state index in [9.17, 15) is 13.6 Å². The van der Waals surface area contributed by atoms with Gasteiger partial charge < -0.3 is 15.5 Å². The lowest BCUT2D eigenvalue weighted by Crippen LogP contribution is -2.35. The van der Waals surface area contributed by atoms with Gasteiger partial charge in [-0.1, -0.05) is 0 Å². The summed E-state index contributed by atoms with van der Waals surface area (Å²) in [5.41, 5.74) is 0. The molecule has 1 atom stereocenters. The highest BCUT2D eigenvalue weighted by atomic mass is 19.1. The zero-order chi connectivity index (χ0) is 14.0. The van der Waals surface area contributed by atoms with Crippen LogP contribution in [0.3, 0.4) is 0 Å². The van der Waals surface area contributed by atoms with Crippen LogP contribution in [0.2, 0.25) is 0 Å². The van der Waals surface area contributed by atoms with Gasteiger partial charge in [0.25, 0.3) is 0 Å². The Balaban J connectivity index is 2.17. The molecule has 1 aliphatic rings. The minimum atomic E-state index is -0.721. The molecule has 1 amide bonds. The van der Waals surface area contributed by atoms with Crippen LogP contribution in [0.25, 0.3) is 0 Å². The fourth-order valence-corrected chi connectivity index (χ4v) is 2.21. The molecule has 0 saturated carbocycles. The number of aromatic nitrogens is 1. The second-order valence-corrected chi connectivity index (χ2v) is 4.51. The van der Waals surface area contributed by atoms with Gasteiger partial charge in [-0.05, 0) is 6.42 Å². The van der Waals surface area contributed by atoms with Crippen LogP contribution in [0, 0.1) is 11.6 Å². The molecule has 5 nitrogen and oxygen atoms in total. The highest BCUT2D eigenvalue weighted by Crippen LogP contribution is 2.25. The van der Waals surface area contributed by atoms with Crippen LogP contribution in [0.5, 0.6) is 0 Å². The largest absolute Gasteiger partial charge is 0.371 e. The Morgan fingerprint density at radius 1 is 1.47 bits per heavy atom. The van der Waals surface area contributed by atoms with Gasteiger partial charge in [-0.2, -0.15) is 0 Å². The number of anilines is 2. The first kappa shape index (κ1) is 13.5. The smallest absolute Gasteiger partial charge is 0.217 e. The second-order valence-electron chi connectivity index (χ2n) is 4.51. The van der Waals surface area contributed by atoms with Crippen molar-refractivity contribution < 1.29 is 13.6 Å². The summed E-state index contributed by atoms with van der Waals surface area (Å²) in [6.45, 7) is 2.49. The minimum absolute atomic E-state index is 0.0133. The van der Waals surface area contributed by atoms with E-state index in [1.165, 1.54) is 14.0 Å². The van der Waals surface area contributed by atoms with Crippen molar-refractivity contribution in [1.29, 1.82) is 0 Å². The molecule has 1 aromatic rings. The van der Waals surface area contributed by atoms with Gasteiger partial charge in [-0.3, -0.25) is 4.79 Å². The summed E-state index contributed by atoms with van der Waals surface area (Å²) in [4.78, 5) is 16.6. The summed E-state index contributed by atoms with van der Waals surface area (Å²) < 4.78 is 27.1. The normalized spacial score (nSPS) is 18.5. The molecule has 1 aromatic heterocycles. The van der Waals surface area contributed by atoms with Gasteiger partial charge in [0, 0.05) is 39.2 Å². The standard InChI is InChI=1S/C12H16F2N4O/c1-7(19)16-8-3-4-18(6-8)12-10(14)5-9(13)11(15-2)17-12/h5,8H,3-4,6H2,1-2H3,(H,15,17)(H,16,19). The number of hydrogen-bond acceptors (Lipinski definition) is 4. The lowest BCUT2D eigenvalue weighted by atomic mass is 10.2. The van der Waals surface area contributed by atoms with E-state index in [1.807, 2.05) is 0 Å². The second kappa shape index (κ2) is 5.38. The lowest BCUT2D eigenvalue weighted by Gasteiger charge is -2.19. The number of nitrogens with zero attached hydrogens (tertiary/aromatic N) is 2. The van der Waals surface area contributed by atoms with Crippen molar-refractivity contribution in [2.24, 2.45) is 0 Å². The van der Waals surface area contributed by atoms with Gasteiger partial charge in [-0.15, -0.1) is 0 Å². The van der Waals surface area contributed by atoms with E-state index in [1.54, 1.807) is 4.90 Å². The van der Waals surface area contributed by atoms with Crippen LogP contribution in [0.15, 0.2) is 6.07 Å². The van der Waals surface area contributed by atoms with Gasteiger partial charge in [0.15, 0.2) is 23.3 Å². The molecule has 19 heavy (non-hydrogen) atoms. The van der Waals surface area contributed by atoms with Gasteiger partial charge >= 0.3 is 0 Å². The SMILES string of the molecule is CNc1nc(N2CCC(NC(C)=O)C2)c(F)cc1F. The van der Waals surface area contributed by atoms with Crippen molar-refractivity contribution in [3.05, 3.63) is 17.7 Å². The number of carbonyl (C=O) groups excluding carboxylic acids is 1. The van der Waals surface area contributed by atoms with E-state index in [-0.39, 0.29) is 23.6 Å². The number of pyridine rings is 1. The summed E-state index contributed by atoms with van der Waals surface area (Å²) in [6, 6.07) is 0.793. The molecule has 0 bridgehead atoms. The fraction of sp³-hybridized carbons (Fsp3) is 0.500. The van der Waals surface area contributed by atoms with E-state index in [0.29, 0.717) is 19.5 Å². The Labute approximate surface area is 110 Å². The third-order valence-electron chi connectivity index (χ3n) is 3.04. The summed E-state index contributed by atoms with van der Waals surface area (Å²) >= 11 is 0. The number of hydrogen-bond donors (Lipinski definition) is 2. The van der Waals surface area contributed by atoms with Crippen LogP contribution < -0.4 is 15.5 Å². The Hall–Kier alpha value is -1.92.